The van der Waals surface area contributed by atoms with Gasteiger partial charge in [0.05, 0.1) is 63.9 Å². The van der Waals surface area contributed by atoms with Crippen molar-refractivity contribution in [1.82, 2.24) is 0 Å². The van der Waals surface area contributed by atoms with Gasteiger partial charge in [-0.3, -0.25) is 9.59 Å². The number of quaternary nitrogens is 2. The highest BCUT2D eigenvalue weighted by atomic mass is 35.5. The maximum Gasteiger partial charge on any atom is 0.511 e. The summed E-state index contributed by atoms with van der Waals surface area (Å²) in [5, 5.41) is 0. The van der Waals surface area contributed by atoms with Gasteiger partial charge in [0.2, 0.25) is 25.4 Å². The Labute approximate surface area is 495 Å². The van der Waals surface area contributed by atoms with Gasteiger partial charge in [-0.1, -0.05) is 26.0 Å². The molecule has 2 N–H and O–H groups in total. The number of rotatable bonds is 16. The molecule has 2 saturated carbocycles. The number of hydrogen-bond acceptors (Lipinski definition) is 14. The maximum absolute atomic E-state index is 14.2. The number of nitrogens with zero attached hydrogens (tertiary/aromatic N) is 2. The minimum absolute atomic E-state index is 0. The van der Waals surface area contributed by atoms with Gasteiger partial charge in [0.15, 0.2) is 0 Å². The molecule has 2 amide bonds. The topological polar surface area (TPSA) is 173 Å². The first-order valence-electron chi connectivity index (χ1n) is 29.4. The molecule has 0 bridgehead atoms. The lowest BCUT2D eigenvalue weighted by molar-refractivity contribution is -0.884. The Morgan fingerprint density at radius 1 is 0.525 bits per heavy atom. The number of likely N-dealkylation sites (tertiary alicyclic amines) is 2. The largest absolute Gasteiger partial charge is 1.00 e. The molecule has 0 radical (unpaired) electrons. The molecule has 2 aromatic rings. The number of carbonyl (C=O) groups excluding carboxylic acids is 6. The Balaban J connectivity index is 0.000000287. The number of halogens is 2. The van der Waals surface area contributed by atoms with E-state index in [-0.39, 0.29) is 72.8 Å². The molecule has 8 rings (SSSR count). The second-order valence-corrected chi connectivity index (χ2v) is 25.6. The molecule has 448 valence electrons. The number of piperidine rings is 2. The van der Waals surface area contributed by atoms with Crippen molar-refractivity contribution >= 4 is 81.3 Å². The van der Waals surface area contributed by atoms with Gasteiger partial charge in [0.1, 0.15) is 9.75 Å². The van der Waals surface area contributed by atoms with Crippen molar-refractivity contribution in [3.63, 3.8) is 0 Å². The molecule has 0 aromatic carbocycles. The Kier molecular flexibility index (Phi) is 27.1. The van der Waals surface area contributed by atoms with Crippen LogP contribution in [0.4, 0.5) is 21.0 Å². The van der Waals surface area contributed by atoms with Crippen molar-refractivity contribution in [2.75, 3.05) is 63.7 Å². The fourth-order valence-electron chi connectivity index (χ4n) is 11.8. The number of allylic oxidation sites excluding steroid dienone is 4. The summed E-state index contributed by atoms with van der Waals surface area (Å²) in [7, 11) is 4.38. The number of nitrogens with one attached hydrogen (secondary N) is 2. The van der Waals surface area contributed by atoms with E-state index in [2.05, 4.69) is 40.1 Å². The molecule has 0 atom stereocenters. The Morgan fingerprint density at radius 3 is 1.19 bits per heavy atom. The third kappa shape index (κ3) is 18.9. The van der Waals surface area contributed by atoms with Gasteiger partial charge in [0.25, 0.3) is 0 Å². The van der Waals surface area contributed by atoms with Crippen LogP contribution in [-0.2, 0) is 38.0 Å². The van der Waals surface area contributed by atoms with E-state index in [1.165, 1.54) is 56.5 Å². The Bertz CT molecular complexity index is 2250. The summed E-state index contributed by atoms with van der Waals surface area (Å²) >= 11 is 2.77. The zero-order valence-electron chi connectivity index (χ0n) is 48.7. The van der Waals surface area contributed by atoms with Crippen LogP contribution in [0.1, 0.15) is 199 Å². The highest BCUT2D eigenvalue weighted by Crippen LogP contribution is 2.44. The summed E-state index contributed by atoms with van der Waals surface area (Å²) in [6.07, 6.45) is 22.0. The van der Waals surface area contributed by atoms with Gasteiger partial charge in [-0.2, -0.15) is 0 Å². The van der Waals surface area contributed by atoms with Crippen molar-refractivity contribution in [2.24, 2.45) is 23.7 Å². The number of carbonyl (C=O) groups is 6. The van der Waals surface area contributed by atoms with Crippen LogP contribution in [0.3, 0.4) is 0 Å². The van der Waals surface area contributed by atoms with E-state index < -0.39 is 37.8 Å². The van der Waals surface area contributed by atoms with Crippen molar-refractivity contribution in [3.8, 4) is 0 Å². The number of esters is 2. The van der Waals surface area contributed by atoms with E-state index in [1.54, 1.807) is 27.7 Å². The normalized spacial score (nSPS) is 24.9. The molecular formula is C60H90Cl2N4O12S2. The van der Waals surface area contributed by atoms with Crippen LogP contribution in [0.25, 0.3) is 11.1 Å². The van der Waals surface area contributed by atoms with Crippen LogP contribution in [0.15, 0.2) is 24.3 Å². The van der Waals surface area contributed by atoms with Gasteiger partial charge in [-0.25, -0.2) is 19.2 Å². The fourth-order valence-corrected chi connectivity index (χ4v) is 14.0. The van der Waals surface area contributed by atoms with E-state index in [0.717, 1.165) is 152 Å². The molecular weight excluding hydrogens is 1100 g/mol. The van der Waals surface area contributed by atoms with E-state index in [1.807, 2.05) is 21.9 Å². The number of hydrogen-bond donors (Lipinski definition) is 2. The first kappa shape index (κ1) is 66.6. The first-order valence-corrected chi connectivity index (χ1v) is 31.0. The molecule has 4 heterocycles. The lowest BCUT2D eigenvalue weighted by Crippen LogP contribution is -3.10. The van der Waals surface area contributed by atoms with Gasteiger partial charge in [0, 0.05) is 59.4 Å². The number of anilines is 2. The zero-order chi connectivity index (χ0) is 55.9. The molecule has 4 fully saturated rings. The minimum Gasteiger partial charge on any atom is -1.00 e. The van der Waals surface area contributed by atoms with Crippen LogP contribution >= 0.6 is 22.7 Å². The van der Waals surface area contributed by atoms with Crippen LogP contribution in [0, 0.1) is 23.7 Å². The quantitative estimate of drug-likeness (QED) is 0.138. The summed E-state index contributed by atoms with van der Waals surface area (Å²) in [6.45, 7) is 14.3. The molecule has 0 unspecified atom stereocenters. The lowest BCUT2D eigenvalue weighted by atomic mass is 9.82. The van der Waals surface area contributed by atoms with Crippen molar-refractivity contribution in [1.29, 1.82) is 0 Å². The maximum atomic E-state index is 14.2. The van der Waals surface area contributed by atoms with Crippen LogP contribution in [0.5, 0.6) is 0 Å². The third-order valence-corrected chi connectivity index (χ3v) is 18.8. The molecule has 4 aliphatic carbocycles. The molecule has 0 spiro atoms. The zero-order valence-corrected chi connectivity index (χ0v) is 51.8. The monoisotopic (exact) mass is 1190 g/mol. The number of ether oxygens (including phenoxy) is 6. The Hall–Kier alpha value is -4.20. The van der Waals surface area contributed by atoms with Crippen molar-refractivity contribution < 1.29 is 91.8 Å². The smallest absolute Gasteiger partial charge is 0.511 e. The second-order valence-electron chi connectivity index (χ2n) is 23.5. The fraction of sp³-hybridized carbons (Fsp3) is 0.700. The van der Waals surface area contributed by atoms with E-state index in [4.69, 9.17) is 28.4 Å². The second kappa shape index (κ2) is 32.6. The summed E-state index contributed by atoms with van der Waals surface area (Å²) < 4.78 is 30.6. The summed E-state index contributed by atoms with van der Waals surface area (Å²) in [5.41, 5.74) is 3.78. The first-order chi connectivity index (χ1) is 37.4. The molecule has 2 saturated heterocycles. The summed E-state index contributed by atoms with van der Waals surface area (Å²) in [6, 6.07) is 4.18. The van der Waals surface area contributed by atoms with E-state index in [9.17, 15) is 28.8 Å². The van der Waals surface area contributed by atoms with Gasteiger partial charge < -0.3 is 72.8 Å². The highest BCUT2D eigenvalue weighted by Gasteiger charge is 2.40. The third-order valence-electron chi connectivity index (χ3n) is 16.5. The molecule has 20 heteroatoms. The lowest BCUT2D eigenvalue weighted by Gasteiger charge is -2.38. The molecule has 2 aromatic heterocycles. The number of amides is 2. The number of thiophene rings is 2. The summed E-state index contributed by atoms with van der Waals surface area (Å²) in [5.74, 6) is 0.360. The van der Waals surface area contributed by atoms with E-state index >= 15 is 0 Å². The van der Waals surface area contributed by atoms with Crippen LogP contribution in [0.2, 0.25) is 0 Å². The van der Waals surface area contributed by atoms with E-state index in [0.29, 0.717) is 33.0 Å². The predicted octanol–water partition coefficient (Wildman–Crippen LogP) is 4.44. The minimum atomic E-state index is -0.880. The van der Waals surface area contributed by atoms with Gasteiger partial charge in [-0.05, 0) is 166 Å². The average molecular weight is 1190 g/mol. The van der Waals surface area contributed by atoms with Gasteiger partial charge in [-0.15, -0.1) is 22.7 Å². The molecule has 2 aliphatic heterocycles. The summed E-state index contributed by atoms with van der Waals surface area (Å²) in [4.78, 5) is 88.6. The molecule has 6 aliphatic rings. The van der Waals surface area contributed by atoms with Crippen LogP contribution < -0.4 is 44.4 Å². The van der Waals surface area contributed by atoms with Gasteiger partial charge >= 0.3 is 24.2 Å². The van der Waals surface area contributed by atoms with Crippen LogP contribution in [-0.4, -0.2) is 114 Å². The standard InChI is InChI=1S/2C30H44N2O6S.2ClH/c2*1-20(2)38-30(35)37-19-36-29(34)27-25(18-26(39-27)22-8-6-5-7-9-22)32(24-14-16-31(4)17-15-24)28(33)23-12-10-21(3)11-13-23;;/h2*8,18,20-21,23-24H,5-7,9-17,19H2,1-4H3;2*1H. The highest BCUT2D eigenvalue weighted by molar-refractivity contribution is 7.16. The SMILES string of the molecule is CC1CCC(C(=O)N(c2cc(C3=CCCCC3)sc2C(=O)OCOC(=O)OC(C)C)C2CC[NH+](C)CC2)CC1.CC1CCC(C(=O)N(c2cc(C3=CCCCC3)sc2C(=O)OCOC(=O)OC(C)C)C2CC[NH+](C)CC2)CC1.[Cl-].[Cl-]. The molecule has 80 heavy (non-hydrogen) atoms. The molecule has 16 nitrogen and oxygen atoms in total. The van der Waals surface area contributed by atoms with Crippen molar-refractivity contribution in [3.05, 3.63) is 43.8 Å². The Morgan fingerprint density at radius 2 is 0.875 bits per heavy atom. The average Bonchev–Trinajstić information content (AvgIpc) is 4.10. The van der Waals surface area contributed by atoms with Crippen molar-refractivity contribution in [2.45, 2.75) is 194 Å². The predicted molar refractivity (Wildman–Crippen MR) is 304 cm³/mol.